The molecule has 29 heavy (non-hydrogen) atoms. The molecule has 2 rings (SSSR count). The summed E-state index contributed by atoms with van der Waals surface area (Å²) in [4.78, 5) is 13.4. The molecule has 0 spiro atoms. The number of halogens is 1. The van der Waals surface area contributed by atoms with Crippen LogP contribution in [0.3, 0.4) is 0 Å². The van der Waals surface area contributed by atoms with Gasteiger partial charge in [-0.3, -0.25) is 9.46 Å². The van der Waals surface area contributed by atoms with Gasteiger partial charge >= 0.3 is 13.7 Å². The van der Waals surface area contributed by atoms with Gasteiger partial charge in [0.05, 0.1) is 18.8 Å². The molecule has 160 valence electrons. The first kappa shape index (κ1) is 23.9. The molecule has 0 saturated heterocycles. The minimum absolute atomic E-state index is 0.270. The quantitative estimate of drug-likeness (QED) is 0.405. The van der Waals surface area contributed by atoms with Crippen molar-refractivity contribution in [2.24, 2.45) is 0 Å². The highest BCUT2D eigenvalue weighted by Gasteiger charge is 2.50. The molecule has 0 atom stereocenters. The summed E-state index contributed by atoms with van der Waals surface area (Å²) in [5, 5.41) is -1.06. The normalized spacial score (nSPS) is 15.9. The second-order valence-electron chi connectivity index (χ2n) is 7.34. The molecule has 0 aliphatic carbocycles. The highest BCUT2D eigenvalue weighted by atomic mass is 79.9. The average molecular weight is 486 g/mol. The van der Waals surface area contributed by atoms with E-state index >= 15 is 0 Å². The van der Waals surface area contributed by atoms with E-state index in [0.29, 0.717) is 6.42 Å². The van der Waals surface area contributed by atoms with E-state index in [-0.39, 0.29) is 18.8 Å². The Labute approximate surface area is 181 Å². The first-order valence-corrected chi connectivity index (χ1v) is 12.0. The van der Waals surface area contributed by atoms with Crippen molar-refractivity contribution in [3.05, 3.63) is 58.9 Å². The molecule has 1 aromatic carbocycles. The number of hydrogen-bond donors (Lipinski definition) is 0. The smallest absolute Gasteiger partial charge is 0.417 e. The minimum atomic E-state index is -3.65. The van der Waals surface area contributed by atoms with Crippen LogP contribution in [0.15, 0.2) is 53.3 Å². The lowest BCUT2D eigenvalue weighted by molar-refractivity contribution is 0.128. The molecule has 0 N–H and O–H groups in total. The maximum absolute atomic E-state index is 14.1. The van der Waals surface area contributed by atoms with Crippen molar-refractivity contribution in [3.63, 3.8) is 0 Å². The number of allylic oxidation sites excluding steroid dienone is 2. The van der Waals surface area contributed by atoms with Gasteiger partial charge in [-0.1, -0.05) is 28.1 Å². The van der Waals surface area contributed by atoms with Crippen LogP contribution < -0.4 is 0 Å². The predicted molar refractivity (Wildman–Crippen MR) is 118 cm³/mol. The molecule has 0 saturated carbocycles. The van der Waals surface area contributed by atoms with Gasteiger partial charge in [0.25, 0.3) is 0 Å². The van der Waals surface area contributed by atoms with Crippen LogP contribution in [0, 0.1) is 0 Å². The number of rotatable bonds is 8. The summed E-state index contributed by atoms with van der Waals surface area (Å²) in [5.41, 5.74) is 0.965. The highest BCUT2D eigenvalue weighted by Crippen LogP contribution is 2.64. The number of nitrogens with zero attached hydrogens (tertiary/aromatic N) is 1. The van der Waals surface area contributed by atoms with Crippen LogP contribution in [0.5, 0.6) is 0 Å². The van der Waals surface area contributed by atoms with Gasteiger partial charge in [-0.15, -0.1) is 0 Å². The first-order chi connectivity index (χ1) is 13.6. The first-order valence-electron chi connectivity index (χ1n) is 9.66. The Kier molecular flexibility index (Phi) is 8.29. The Bertz CT molecular complexity index is 776. The SMILES string of the molecule is CCOC(=O)N1C=CC(Cc2ccc(Br)cc2)(P(=O)(OC(C)C)OC(C)C)C=C1. The van der Waals surface area contributed by atoms with Crippen molar-refractivity contribution in [1.29, 1.82) is 0 Å². The zero-order valence-electron chi connectivity index (χ0n) is 17.5. The van der Waals surface area contributed by atoms with Crippen molar-refractivity contribution in [1.82, 2.24) is 4.90 Å². The molecule has 1 amide bonds. The van der Waals surface area contributed by atoms with E-state index < -0.39 is 18.8 Å². The molecule has 8 heteroatoms. The number of amides is 1. The number of carbonyl (C=O) groups is 1. The molecule has 1 heterocycles. The van der Waals surface area contributed by atoms with Crippen LogP contribution >= 0.6 is 23.5 Å². The summed E-state index contributed by atoms with van der Waals surface area (Å²) in [6.07, 6.45) is 5.86. The fraction of sp³-hybridized carbons (Fsp3) is 0.476. The van der Waals surface area contributed by atoms with Crippen LogP contribution in [-0.4, -0.2) is 35.0 Å². The largest absolute Gasteiger partial charge is 0.449 e. The zero-order valence-corrected chi connectivity index (χ0v) is 20.0. The lowest BCUT2D eigenvalue weighted by Gasteiger charge is -2.39. The molecule has 6 nitrogen and oxygen atoms in total. The van der Waals surface area contributed by atoms with Gasteiger partial charge in [0.15, 0.2) is 0 Å². The lowest BCUT2D eigenvalue weighted by atomic mass is 9.97. The summed E-state index contributed by atoms with van der Waals surface area (Å²) in [6, 6.07) is 7.78. The number of ether oxygens (including phenoxy) is 1. The summed E-state index contributed by atoms with van der Waals surface area (Å²) >= 11 is 3.44. The van der Waals surface area contributed by atoms with Gasteiger partial charge in [0, 0.05) is 16.9 Å². The van der Waals surface area contributed by atoms with Gasteiger partial charge in [0.2, 0.25) is 0 Å². The van der Waals surface area contributed by atoms with Gasteiger partial charge in [-0.25, -0.2) is 4.79 Å². The van der Waals surface area contributed by atoms with Crippen molar-refractivity contribution < 1.29 is 23.1 Å². The second kappa shape index (κ2) is 10.1. The maximum atomic E-state index is 14.1. The molecular formula is C21H29BrNO5P. The van der Waals surface area contributed by atoms with Gasteiger partial charge in [-0.2, -0.15) is 0 Å². The van der Waals surface area contributed by atoms with Crippen molar-refractivity contribution >= 4 is 29.6 Å². The Hall–Kier alpha value is -1.40. The van der Waals surface area contributed by atoms with E-state index in [9.17, 15) is 9.36 Å². The van der Waals surface area contributed by atoms with Crippen molar-refractivity contribution in [3.8, 4) is 0 Å². The third-order valence-corrected chi connectivity index (χ3v) is 7.54. The number of carbonyl (C=O) groups excluding carboxylic acids is 1. The van der Waals surface area contributed by atoms with E-state index in [4.69, 9.17) is 13.8 Å². The third kappa shape index (κ3) is 6.05. The molecule has 0 bridgehead atoms. The van der Waals surface area contributed by atoms with Crippen molar-refractivity contribution in [2.45, 2.75) is 58.4 Å². The third-order valence-electron chi connectivity index (χ3n) is 4.14. The topological polar surface area (TPSA) is 65.1 Å². The Morgan fingerprint density at radius 1 is 1.07 bits per heavy atom. The van der Waals surface area contributed by atoms with Crippen LogP contribution in [0.2, 0.25) is 0 Å². The molecule has 1 aromatic rings. The maximum Gasteiger partial charge on any atom is 0.417 e. The standard InChI is InChI=1S/C21H29BrNO5P/c1-6-26-20(24)23-13-11-21(12-14-23,15-18-7-9-19(22)10-8-18)29(25,27-16(2)3)28-17(4)5/h7-14,16-17H,6,15H2,1-5H3. The lowest BCUT2D eigenvalue weighted by Crippen LogP contribution is -2.36. The van der Waals surface area contributed by atoms with Crippen LogP contribution in [0.1, 0.15) is 40.2 Å². The van der Waals surface area contributed by atoms with Gasteiger partial charge in [-0.05, 0) is 70.9 Å². The summed E-state index contributed by atoms with van der Waals surface area (Å²) in [5.74, 6) is 0. The second-order valence-corrected chi connectivity index (χ2v) is 10.5. The molecule has 1 aliphatic rings. The van der Waals surface area contributed by atoms with Crippen LogP contribution in [-0.2, 0) is 24.8 Å². The average Bonchev–Trinajstić information content (AvgIpc) is 2.63. The van der Waals surface area contributed by atoms with E-state index in [1.807, 2.05) is 52.0 Å². The molecule has 0 aromatic heterocycles. The van der Waals surface area contributed by atoms with E-state index in [2.05, 4.69) is 15.9 Å². The van der Waals surface area contributed by atoms with Gasteiger partial charge < -0.3 is 13.8 Å². The Morgan fingerprint density at radius 2 is 1.59 bits per heavy atom. The van der Waals surface area contributed by atoms with Crippen LogP contribution in [0.4, 0.5) is 4.79 Å². The molecule has 1 aliphatic heterocycles. The minimum Gasteiger partial charge on any atom is -0.449 e. The zero-order chi connectivity index (χ0) is 21.7. The van der Waals surface area contributed by atoms with Crippen LogP contribution in [0.25, 0.3) is 0 Å². The van der Waals surface area contributed by atoms with Gasteiger partial charge in [0.1, 0.15) is 5.16 Å². The van der Waals surface area contributed by atoms with E-state index in [1.54, 1.807) is 31.5 Å². The molecular weight excluding hydrogens is 457 g/mol. The summed E-state index contributed by atoms with van der Waals surface area (Å²) in [7, 11) is -3.65. The number of benzene rings is 1. The highest BCUT2D eigenvalue weighted by molar-refractivity contribution is 9.10. The molecule has 0 radical (unpaired) electrons. The van der Waals surface area contributed by atoms with E-state index in [1.165, 1.54) is 4.90 Å². The fourth-order valence-corrected chi connectivity index (χ4v) is 5.64. The fourth-order valence-electron chi connectivity index (χ4n) is 2.95. The van der Waals surface area contributed by atoms with Crippen molar-refractivity contribution in [2.75, 3.05) is 6.61 Å². The Balaban J connectivity index is 2.49. The summed E-state index contributed by atoms with van der Waals surface area (Å²) in [6.45, 7) is 9.31. The molecule has 0 unspecified atom stereocenters. The van der Waals surface area contributed by atoms with E-state index in [0.717, 1.165) is 10.0 Å². The summed E-state index contributed by atoms with van der Waals surface area (Å²) < 4.78 is 31.9. The predicted octanol–water partition coefficient (Wildman–Crippen LogP) is 6.27. The molecule has 0 fully saturated rings. The monoisotopic (exact) mass is 485 g/mol. The Morgan fingerprint density at radius 3 is 2.03 bits per heavy atom. The number of hydrogen-bond acceptors (Lipinski definition) is 5.